The molecule has 1 aromatic heterocycles. The van der Waals surface area contributed by atoms with Crippen molar-refractivity contribution in [2.75, 3.05) is 5.32 Å². The second-order valence-electron chi connectivity index (χ2n) is 3.92. The molecule has 1 N–H and O–H groups in total. The van der Waals surface area contributed by atoms with Crippen molar-refractivity contribution >= 4 is 17.9 Å². The number of nitrogens with one attached hydrogen (secondary N) is 1. The zero-order valence-electron chi connectivity index (χ0n) is 10.3. The maximum Gasteiger partial charge on any atom is 0.224 e. The fourth-order valence-electron chi connectivity index (χ4n) is 1.60. The minimum Gasteiger partial charge on any atom is -0.453 e. The number of carbonyl (C=O) groups is 2. The van der Waals surface area contributed by atoms with Crippen LogP contribution in [0.25, 0.3) is 11.3 Å². The highest BCUT2D eigenvalue weighted by atomic mass is 19.1. The average Bonchev–Trinajstić information content (AvgIpc) is 2.89. The summed E-state index contributed by atoms with van der Waals surface area (Å²) in [5.74, 6) is -0.281. The van der Waals surface area contributed by atoms with Crippen LogP contribution in [-0.2, 0) is 4.79 Å². The number of rotatable bonds is 4. The largest absolute Gasteiger partial charge is 0.453 e. The van der Waals surface area contributed by atoms with Crippen LogP contribution in [0.1, 0.15) is 23.9 Å². The molecule has 19 heavy (non-hydrogen) atoms. The second kappa shape index (κ2) is 5.48. The van der Waals surface area contributed by atoms with Gasteiger partial charge in [-0.1, -0.05) is 6.92 Å². The highest BCUT2D eigenvalue weighted by molar-refractivity contribution is 5.91. The van der Waals surface area contributed by atoms with E-state index in [1.165, 1.54) is 30.3 Å². The topological polar surface area (TPSA) is 59.3 Å². The zero-order chi connectivity index (χ0) is 13.8. The summed E-state index contributed by atoms with van der Waals surface area (Å²) in [4.78, 5) is 21.8. The summed E-state index contributed by atoms with van der Waals surface area (Å²) in [6.45, 7) is 1.72. The van der Waals surface area contributed by atoms with E-state index in [4.69, 9.17) is 4.42 Å². The Morgan fingerprint density at radius 2 is 2.16 bits per heavy atom. The van der Waals surface area contributed by atoms with E-state index in [2.05, 4.69) is 5.32 Å². The van der Waals surface area contributed by atoms with Gasteiger partial charge in [-0.2, -0.15) is 0 Å². The lowest BCUT2D eigenvalue weighted by Crippen LogP contribution is -2.09. The molecule has 5 heteroatoms. The van der Waals surface area contributed by atoms with Gasteiger partial charge in [0.25, 0.3) is 0 Å². The molecular weight excluding hydrogens is 249 g/mol. The van der Waals surface area contributed by atoms with Crippen molar-refractivity contribution in [3.05, 3.63) is 41.9 Å². The van der Waals surface area contributed by atoms with E-state index in [9.17, 15) is 14.0 Å². The molecule has 0 aliphatic rings. The van der Waals surface area contributed by atoms with Crippen LogP contribution >= 0.6 is 0 Å². The number of halogens is 1. The molecule has 1 amide bonds. The molecule has 1 heterocycles. The fraction of sp³-hybridized carbons (Fsp3) is 0.143. The normalized spacial score (nSPS) is 10.2. The molecule has 0 unspecified atom stereocenters. The van der Waals surface area contributed by atoms with Gasteiger partial charge < -0.3 is 9.73 Å². The quantitative estimate of drug-likeness (QED) is 0.859. The Labute approximate surface area is 109 Å². The van der Waals surface area contributed by atoms with Gasteiger partial charge in [0.1, 0.15) is 11.6 Å². The summed E-state index contributed by atoms with van der Waals surface area (Å²) in [7, 11) is 0. The fourth-order valence-corrected chi connectivity index (χ4v) is 1.60. The van der Waals surface area contributed by atoms with Gasteiger partial charge in [-0.05, 0) is 30.3 Å². The van der Waals surface area contributed by atoms with Crippen molar-refractivity contribution in [1.82, 2.24) is 0 Å². The molecule has 0 fully saturated rings. The Kier molecular flexibility index (Phi) is 3.75. The van der Waals surface area contributed by atoms with Gasteiger partial charge in [-0.15, -0.1) is 0 Å². The number of aldehydes is 1. The molecule has 0 spiro atoms. The molecule has 2 aromatic rings. The molecule has 0 saturated carbocycles. The molecule has 0 aliphatic carbocycles. The Morgan fingerprint density at radius 1 is 1.37 bits per heavy atom. The van der Waals surface area contributed by atoms with Crippen LogP contribution in [-0.4, -0.2) is 12.2 Å². The lowest BCUT2D eigenvalue weighted by atomic mass is 10.1. The molecular formula is C14H12FNO3. The molecule has 2 rings (SSSR count). The van der Waals surface area contributed by atoms with Crippen LogP contribution in [0.2, 0.25) is 0 Å². The van der Waals surface area contributed by atoms with E-state index in [0.29, 0.717) is 18.4 Å². The predicted octanol–water partition coefficient (Wildman–Crippen LogP) is 3.25. The Hall–Kier alpha value is -2.43. The first-order valence-corrected chi connectivity index (χ1v) is 5.79. The van der Waals surface area contributed by atoms with E-state index in [1.807, 2.05) is 0 Å². The molecule has 98 valence electrons. The van der Waals surface area contributed by atoms with Gasteiger partial charge in [0.05, 0.1) is 5.56 Å². The smallest absolute Gasteiger partial charge is 0.224 e. The first kappa shape index (κ1) is 13.0. The van der Waals surface area contributed by atoms with Crippen molar-refractivity contribution < 1.29 is 18.4 Å². The number of anilines is 1. The minimum atomic E-state index is -0.485. The number of benzene rings is 1. The van der Waals surface area contributed by atoms with Crippen LogP contribution in [0, 0.1) is 5.82 Å². The molecule has 0 aliphatic heterocycles. The zero-order valence-corrected chi connectivity index (χ0v) is 10.3. The van der Waals surface area contributed by atoms with E-state index >= 15 is 0 Å². The van der Waals surface area contributed by atoms with Crippen LogP contribution in [0.15, 0.2) is 34.7 Å². The van der Waals surface area contributed by atoms with Crippen LogP contribution in [0.5, 0.6) is 0 Å². The Bertz CT molecular complexity index is 619. The monoisotopic (exact) mass is 261 g/mol. The Balaban J connectivity index is 2.36. The van der Waals surface area contributed by atoms with E-state index in [1.54, 1.807) is 6.92 Å². The van der Waals surface area contributed by atoms with Gasteiger partial charge >= 0.3 is 0 Å². The van der Waals surface area contributed by atoms with Gasteiger partial charge in [-0.3, -0.25) is 9.59 Å². The summed E-state index contributed by atoms with van der Waals surface area (Å²) < 4.78 is 18.9. The number of furan rings is 1. The van der Waals surface area contributed by atoms with Gasteiger partial charge in [0, 0.05) is 12.1 Å². The van der Waals surface area contributed by atoms with Gasteiger partial charge in [0.15, 0.2) is 12.0 Å². The molecule has 0 atom stereocenters. The number of carbonyl (C=O) groups excluding carboxylic acids is 2. The third-order valence-electron chi connectivity index (χ3n) is 2.58. The number of amides is 1. The third kappa shape index (κ3) is 2.88. The van der Waals surface area contributed by atoms with Crippen LogP contribution < -0.4 is 5.32 Å². The minimum absolute atomic E-state index is 0.123. The summed E-state index contributed by atoms with van der Waals surface area (Å²) in [6, 6.07) is 7.14. The highest BCUT2D eigenvalue weighted by Gasteiger charge is 2.11. The number of hydrogen-bond donors (Lipinski definition) is 1. The summed E-state index contributed by atoms with van der Waals surface area (Å²) in [5, 5.41) is 2.63. The SMILES string of the molecule is CCC(=O)Nc1ccc(F)c(-c2ccc(C=O)o2)c1. The summed E-state index contributed by atoms with van der Waals surface area (Å²) in [6.07, 6.45) is 0.882. The molecule has 0 radical (unpaired) electrons. The van der Waals surface area contributed by atoms with Gasteiger partial charge in [-0.25, -0.2) is 4.39 Å². The van der Waals surface area contributed by atoms with Crippen molar-refractivity contribution in [2.24, 2.45) is 0 Å². The summed E-state index contributed by atoms with van der Waals surface area (Å²) in [5.41, 5.74) is 0.675. The van der Waals surface area contributed by atoms with Crippen LogP contribution in [0.4, 0.5) is 10.1 Å². The van der Waals surface area contributed by atoms with Crippen molar-refractivity contribution in [1.29, 1.82) is 0 Å². The first-order chi connectivity index (χ1) is 9.13. The van der Waals surface area contributed by atoms with Crippen molar-refractivity contribution in [2.45, 2.75) is 13.3 Å². The standard InChI is InChI=1S/C14H12FNO3/c1-2-14(18)16-9-3-5-12(15)11(7-9)13-6-4-10(8-17)19-13/h3-8H,2H2,1H3,(H,16,18). The van der Waals surface area contributed by atoms with Crippen molar-refractivity contribution in [3.8, 4) is 11.3 Å². The highest BCUT2D eigenvalue weighted by Crippen LogP contribution is 2.27. The second-order valence-corrected chi connectivity index (χ2v) is 3.92. The lowest BCUT2D eigenvalue weighted by Gasteiger charge is -2.06. The van der Waals surface area contributed by atoms with Gasteiger partial charge in [0.2, 0.25) is 5.91 Å². The van der Waals surface area contributed by atoms with Crippen LogP contribution in [0.3, 0.4) is 0 Å². The molecule has 0 bridgehead atoms. The molecule has 0 saturated heterocycles. The molecule has 4 nitrogen and oxygen atoms in total. The molecule has 1 aromatic carbocycles. The lowest BCUT2D eigenvalue weighted by molar-refractivity contribution is -0.115. The van der Waals surface area contributed by atoms with E-state index in [0.717, 1.165) is 0 Å². The Morgan fingerprint density at radius 3 is 2.79 bits per heavy atom. The maximum atomic E-state index is 13.7. The maximum absolute atomic E-state index is 13.7. The number of hydrogen-bond acceptors (Lipinski definition) is 3. The van der Waals surface area contributed by atoms with E-state index in [-0.39, 0.29) is 23.0 Å². The third-order valence-corrected chi connectivity index (χ3v) is 2.58. The van der Waals surface area contributed by atoms with Crippen molar-refractivity contribution in [3.63, 3.8) is 0 Å². The predicted molar refractivity (Wildman–Crippen MR) is 68.4 cm³/mol. The summed E-state index contributed by atoms with van der Waals surface area (Å²) >= 11 is 0. The average molecular weight is 261 g/mol. The van der Waals surface area contributed by atoms with E-state index < -0.39 is 5.82 Å². The first-order valence-electron chi connectivity index (χ1n) is 5.79.